The van der Waals surface area contributed by atoms with Crippen LogP contribution >= 0.6 is 11.3 Å². The number of benzene rings is 2. The van der Waals surface area contributed by atoms with Crippen molar-refractivity contribution in [1.82, 2.24) is 9.97 Å². The van der Waals surface area contributed by atoms with Crippen molar-refractivity contribution >= 4 is 11.3 Å². The Hall–Kier alpha value is -3.06. The van der Waals surface area contributed by atoms with Crippen molar-refractivity contribution in [1.29, 1.82) is 0 Å². The number of hydrogen-bond acceptors (Lipinski definition) is 3. The summed E-state index contributed by atoms with van der Waals surface area (Å²) in [6.45, 7) is 3.54. The van der Waals surface area contributed by atoms with Crippen LogP contribution in [0.3, 0.4) is 0 Å². The van der Waals surface area contributed by atoms with E-state index in [4.69, 9.17) is 0 Å². The van der Waals surface area contributed by atoms with Crippen LogP contribution < -0.4 is 0 Å². The van der Waals surface area contributed by atoms with Gasteiger partial charge in [-0.15, -0.1) is 11.3 Å². The molecule has 0 aliphatic heterocycles. The van der Waals surface area contributed by atoms with Gasteiger partial charge in [0.2, 0.25) is 0 Å². The Labute approximate surface area is 174 Å². The third-order valence-electron chi connectivity index (χ3n) is 4.62. The average molecular weight is 428 g/mol. The Morgan fingerprint density at radius 3 is 2.20 bits per heavy atom. The standard InChI is InChI=1S/C23H16F4N2S/c1-13-10-16(7-8-18(13)24)15-4-3-5-17(11-15)22-28-19(20-9-6-14(2)30-20)12-21(29-22)23(25,26)27/h3-12H,1-2H3. The topological polar surface area (TPSA) is 25.8 Å². The molecule has 0 fully saturated rings. The maximum Gasteiger partial charge on any atom is 0.433 e. The third kappa shape index (κ3) is 4.11. The number of aromatic nitrogens is 2. The molecule has 0 amide bonds. The molecule has 0 radical (unpaired) electrons. The second-order valence-electron chi connectivity index (χ2n) is 6.91. The minimum Gasteiger partial charge on any atom is -0.227 e. The summed E-state index contributed by atoms with van der Waals surface area (Å²) in [7, 11) is 0. The molecule has 2 heterocycles. The van der Waals surface area contributed by atoms with E-state index in [1.54, 1.807) is 43.3 Å². The Morgan fingerprint density at radius 1 is 0.800 bits per heavy atom. The fourth-order valence-corrected chi connectivity index (χ4v) is 3.91. The smallest absolute Gasteiger partial charge is 0.227 e. The first kappa shape index (κ1) is 20.2. The minimum atomic E-state index is -4.59. The molecule has 7 heteroatoms. The van der Waals surface area contributed by atoms with E-state index in [-0.39, 0.29) is 17.3 Å². The molecule has 0 saturated carbocycles. The third-order valence-corrected chi connectivity index (χ3v) is 5.64. The second-order valence-corrected chi connectivity index (χ2v) is 8.20. The quantitative estimate of drug-likeness (QED) is 0.320. The molecular formula is C23H16F4N2S. The first-order valence-corrected chi connectivity index (χ1v) is 9.92. The molecule has 4 aromatic rings. The zero-order valence-corrected chi connectivity index (χ0v) is 16.9. The number of hydrogen-bond donors (Lipinski definition) is 0. The predicted octanol–water partition coefficient (Wildman–Crippen LogP) is 7.31. The monoisotopic (exact) mass is 428 g/mol. The molecule has 152 valence electrons. The highest BCUT2D eigenvalue weighted by atomic mass is 32.1. The summed E-state index contributed by atoms with van der Waals surface area (Å²) in [6.07, 6.45) is -4.59. The molecule has 30 heavy (non-hydrogen) atoms. The number of nitrogens with zero attached hydrogens (tertiary/aromatic N) is 2. The number of aryl methyl sites for hydroxylation is 2. The fraction of sp³-hybridized carbons (Fsp3) is 0.130. The molecule has 0 bridgehead atoms. The van der Waals surface area contributed by atoms with Gasteiger partial charge in [0.25, 0.3) is 0 Å². The maximum absolute atomic E-state index is 13.6. The summed E-state index contributed by atoms with van der Waals surface area (Å²) in [6, 6.07) is 16.2. The van der Waals surface area contributed by atoms with E-state index in [1.165, 1.54) is 17.4 Å². The van der Waals surface area contributed by atoms with Gasteiger partial charge in [-0.3, -0.25) is 0 Å². The van der Waals surface area contributed by atoms with Crippen LogP contribution in [0.15, 0.2) is 60.7 Å². The van der Waals surface area contributed by atoms with Crippen molar-refractivity contribution in [2.45, 2.75) is 20.0 Å². The van der Waals surface area contributed by atoms with Gasteiger partial charge in [-0.05, 0) is 66.9 Å². The zero-order chi connectivity index (χ0) is 21.5. The molecule has 0 saturated heterocycles. The number of alkyl halides is 3. The Balaban J connectivity index is 1.84. The summed E-state index contributed by atoms with van der Waals surface area (Å²) in [5.74, 6) is -0.321. The maximum atomic E-state index is 13.6. The minimum absolute atomic E-state index is 0.00781. The van der Waals surface area contributed by atoms with Crippen LogP contribution in [-0.2, 0) is 6.18 Å². The van der Waals surface area contributed by atoms with Gasteiger partial charge in [-0.1, -0.05) is 24.3 Å². The molecule has 0 spiro atoms. The molecule has 0 aliphatic carbocycles. The van der Waals surface area contributed by atoms with Crippen molar-refractivity contribution in [3.8, 4) is 33.1 Å². The van der Waals surface area contributed by atoms with Gasteiger partial charge in [0, 0.05) is 10.4 Å². The summed E-state index contributed by atoms with van der Waals surface area (Å²) in [5.41, 5.74) is 1.69. The van der Waals surface area contributed by atoms with E-state index < -0.39 is 11.9 Å². The zero-order valence-electron chi connectivity index (χ0n) is 16.1. The molecule has 0 aliphatic rings. The Bertz CT molecular complexity index is 1230. The van der Waals surface area contributed by atoms with Gasteiger partial charge in [-0.25, -0.2) is 14.4 Å². The van der Waals surface area contributed by atoms with Crippen LogP contribution in [0.1, 0.15) is 16.1 Å². The number of halogens is 4. The van der Waals surface area contributed by atoms with Gasteiger partial charge in [-0.2, -0.15) is 13.2 Å². The largest absolute Gasteiger partial charge is 0.433 e. The molecule has 4 rings (SSSR count). The molecule has 0 unspecified atom stereocenters. The van der Waals surface area contributed by atoms with Gasteiger partial charge >= 0.3 is 6.18 Å². The lowest BCUT2D eigenvalue weighted by atomic mass is 10.0. The van der Waals surface area contributed by atoms with Crippen molar-refractivity contribution < 1.29 is 17.6 Å². The van der Waals surface area contributed by atoms with E-state index >= 15 is 0 Å². The summed E-state index contributed by atoms with van der Waals surface area (Å²) < 4.78 is 54.1. The van der Waals surface area contributed by atoms with E-state index in [9.17, 15) is 17.6 Å². The first-order valence-electron chi connectivity index (χ1n) is 9.11. The number of rotatable bonds is 3. The van der Waals surface area contributed by atoms with Crippen LogP contribution in [0.2, 0.25) is 0 Å². The highest BCUT2D eigenvalue weighted by molar-refractivity contribution is 7.15. The van der Waals surface area contributed by atoms with Crippen molar-refractivity contribution in [2.75, 3.05) is 0 Å². The van der Waals surface area contributed by atoms with Crippen LogP contribution in [0.5, 0.6) is 0 Å². The summed E-state index contributed by atoms with van der Waals surface area (Å²) in [4.78, 5) is 9.81. The van der Waals surface area contributed by atoms with Gasteiger partial charge in [0.15, 0.2) is 5.82 Å². The molecule has 2 aromatic carbocycles. The summed E-state index contributed by atoms with van der Waals surface area (Å²) >= 11 is 1.37. The number of thiophene rings is 1. The van der Waals surface area contributed by atoms with Gasteiger partial charge in [0.05, 0.1) is 10.6 Å². The highest BCUT2D eigenvalue weighted by Crippen LogP contribution is 2.35. The normalized spacial score (nSPS) is 11.7. The lowest BCUT2D eigenvalue weighted by Crippen LogP contribution is -2.10. The van der Waals surface area contributed by atoms with Crippen LogP contribution in [0, 0.1) is 19.7 Å². The van der Waals surface area contributed by atoms with Crippen LogP contribution in [-0.4, -0.2) is 9.97 Å². The van der Waals surface area contributed by atoms with E-state index in [1.807, 2.05) is 19.1 Å². The molecule has 0 atom stereocenters. The lowest BCUT2D eigenvalue weighted by Gasteiger charge is -2.11. The van der Waals surface area contributed by atoms with E-state index in [0.29, 0.717) is 16.0 Å². The van der Waals surface area contributed by atoms with Crippen molar-refractivity contribution in [3.63, 3.8) is 0 Å². The average Bonchev–Trinajstić information content (AvgIpc) is 3.15. The molecule has 0 N–H and O–H groups in total. The lowest BCUT2D eigenvalue weighted by molar-refractivity contribution is -0.141. The molecular weight excluding hydrogens is 412 g/mol. The van der Waals surface area contributed by atoms with Crippen molar-refractivity contribution in [2.24, 2.45) is 0 Å². The molecule has 2 aromatic heterocycles. The van der Waals surface area contributed by atoms with Crippen LogP contribution in [0.4, 0.5) is 17.6 Å². The van der Waals surface area contributed by atoms with E-state index in [2.05, 4.69) is 9.97 Å². The first-order chi connectivity index (χ1) is 14.2. The van der Waals surface area contributed by atoms with Crippen molar-refractivity contribution in [3.05, 3.63) is 82.6 Å². The highest BCUT2D eigenvalue weighted by Gasteiger charge is 2.34. The van der Waals surface area contributed by atoms with Gasteiger partial charge < -0.3 is 0 Å². The summed E-state index contributed by atoms with van der Waals surface area (Å²) in [5, 5.41) is 0. The van der Waals surface area contributed by atoms with Gasteiger partial charge in [0.1, 0.15) is 11.5 Å². The SMILES string of the molecule is Cc1ccc(-c2cc(C(F)(F)F)nc(-c3cccc(-c4ccc(F)c(C)c4)c3)n2)s1. The molecule has 2 nitrogen and oxygen atoms in total. The fourth-order valence-electron chi connectivity index (χ4n) is 3.08. The van der Waals surface area contributed by atoms with E-state index in [0.717, 1.165) is 22.1 Å². The predicted molar refractivity (Wildman–Crippen MR) is 111 cm³/mol. The Kier molecular flexibility index (Phi) is 5.15. The Morgan fingerprint density at radius 2 is 1.53 bits per heavy atom. The van der Waals surface area contributed by atoms with Crippen LogP contribution in [0.25, 0.3) is 33.1 Å². The second kappa shape index (κ2) is 7.65.